The minimum absolute atomic E-state index is 0.177. The second-order valence-electron chi connectivity index (χ2n) is 10.6. The van der Waals surface area contributed by atoms with Gasteiger partial charge in [-0.05, 0) is 101 Å². The van der Waals surface area contributed by atoms with E-state index in [4.69, 9.17) is 0 Å². The van der Waals surface area contributed by atoms with Crippen LogP contribution in [0.25, 0.3) is 0 Å². The SMILES string of the molecule is Cc1cc(C)c(N2CCCCC2)c(C)c1NC(=O)Nc1c(C)cc(C)c(N2CCN(C)CC2)c1C. The van der Waals surface area contributed by atoms with Crippen LogP contribution < -0.4 is 20.4 Å². The number of likely N-dealkylation sites (N-methyl/N-ethyl adjacent to an activating group) is 1. The number of urea groups is 1. The number of aryl methyl sites for hydroxylation is 4. The predicted octanol–water partition coefficient (Wildman–Crippen LogP) is 5.92. The van der Waals surface area contributed by atoms with Gasteiger partial charge in [0.2, 0.25) is 0 Å². The van der Waals surface area contributed by atoms with Gasteiger partial charge in [0.05, 0.1) is 11.4 Å². The Kier molecular flexibility index (Phi) is 7.60. The van der Waals surface area contributed by atoms with Gasteiger partial charge in [0.1, 0.15) is 0 Å². The Morgan fingerprint density at radius 1 is 0.629 bits per heavy atom. The Morgan fingerprint density at radius 2 is 1.06 bits per heavy atom. The first-order chi connectivity index (χ1) is 16.7. The van der Waals surface area contributed by atoms with E-state index in [1.54, 1.807) is 0 Å². The Labute approximate surface area is 211 Å². The van der Waals surface area contributed by atoms with Crippen molar-refractivity contribution in [2.24, 2.45) is 0 Å². The lowest BCUT2D eigenvalue weighted by atomic mass is 9.99. The van der Waals surface area contributed by atoms with Gasteiger partial charge >= 0.3 is 6.03 Å². The number of benzene rings is 2. The molecule has 2 aliphatic heterocycles. The number of hydrogen-bond acceptors (Lipinski definition) is 4. The van der Waals surface area contributed by atoms with Crippen molar-refractivity contribution in [3.05, 3.63) is 45.5 Å². The number of nitrogens with zero attached hydrogens (tertiary/aromatic N) is 3. The summed E-state index contributed by atoms with van der Waals surface area (Å²) in [5.41, 5.74) is 11.5. The second-order valence-corrected chi connectivity index (χ2v) is 10.6. The molecule has 2 amide bonds. The molecule has 6 heteroatoms. The molecule has 0 unspecified atom stereocenters. The van der Waals surface area contributed by atoms with Crippen LogP contribution in [0, 0.1) is 41.5 Å². The predicted molar refractivity (Wildman–Crippen MR) is 150 cm³/mol. The lowest BCUT2D eigenvalue weighted by Gasteiger charge is -2.36. The Bertz CT molecular complexity index is 1100. The van der Waals surface area contributed by atoms with Gasteiger partial charge in [-0.3, -0.25) is 0 Å². The van der Waals surface area contributed by atoms with Crippen molar-refractivity contribution in [2.45, 2.75) is 60.8 Å². The van der Waals surface area contributed by atoms with Gasteiger partial charge in [-0.25, -0.2) is 4.79 Å². The average Bonchev–Trinajstić information content (AvgIpc) is 2.81. The zero-order valence-corrected chi connectivity index (χ0v) is 22.8. The first-order valence-electron chi connectivity index (χ1n) is 13.2. The molecule has 2 aromatic carbocycles. The molecule has 2 aliphatic rings. The fourth-order valence-electron chi connectivity index (χ4n) is 6.11. The highest BCUT2D eigenvalue weighted by atomic mass is 16.2. The molecule has 2 heterocycles. The monoisotopic (exact) mass is 477 g/mol. The molecule has 0 spiro atoms. The van der Waals surface area contributed by atoms with Gasteiger partial charge in [-0.1, -0.05) is 12.1 Å². The maximum atomic E-state index is 13.3. The average molecular weight is 478 g/mol. The Balaban J connectivity index is 1.59. The Morgan fingerprint density at radius 3 is 1.51 bits per heavy atom. The number of hydrogen-bond donors (Lipinski definition) is 2. The maximum Gasteiger partial charge on any atom is 0.323 e. The van der Waals surface area contributed by atoms with Crippen molar-refractivity contribution >= 4 is 28.8 Å². The molecule has 35 heavy (non-hydrogen) atoms. The van der Waals surface area contributed by atoms with Crippen molar-refractivity contribution in [2.75, 3.05) is 66.7 Å². The van der Waals surface area contributed by atoms with Crippen LogP contribution in [-0.4, -0.2) is 57.2 Å². The van der Waals surface area contributed by atoms with E-state index in [-0.39, 0.29) is 6.03 Å². The lowest BCUT2D eigenvalue weighted by molar-refractivity contribution is 0.262. The molecule has 0 saturated carbocycles. The zero-order valence-electron chi connectivity index (χ0n) is 22.8. The number of piperazine rings is 1. The smallest absolute Gasteiger partial charge is 0.323 e. The van der Waals surface area contributed by atoms with Crippen LogP contribution in [0.1, 0.15) is 52.6 Å². The summed E-state index contributed by atoms with van der Waals surface area (Å²) < 4.78 is 0. The van der Waals surface area contributed by atoms with Crippen molar-refractivity contribution in [3.63, 3.8) is 0 Å². The quantitative estimate of drug-likeness (QED) is 0.574. The van der Waals surface area contributed by atoms with E-state index in [1.807, 2.05) is 0 Å². The first kappa shape index (κ1) is 25.4. The Hall–Kier alpha value is -2.73. The largest absolute Gasteiger partial charge is 0.371 e. The highest BCUT2D eigenvalue weighted by Gasteiger charge is 2.23. The number of nitrogens with one attached hydrogen (secondary N) is 2. The fourth-order valence-corrected chi connectivity index (χ4v) is 6.11. The molecule has 2 N–H and O–H groups in total. The molecule has 2 aromatic rings. The number of carbonyl (C=O) groups excluding carboxylic acids is 1. The third-order valence-corrected chi connectivity index (χ3v) is 7.83. The van der Waals surface area contributed by atoms with Crippen LogP contribution in [0.2, 0.25) is 0 Å². The fraction of sp³-hybridized carbons (Fsp3) is 0.552. The molecule has 0 atom stereocenters. The van der Waals surface area contributed by atoms with Crippen molar-refractivity contribution < 1.29 is 4.79 Å². The van der Waals surface area contributed by atoms with Crippen LogP contribution in [0.4, 0.5) is 27.5 Å². The van der Waals surface area contributed by atoms with Gasteiger partial charge in [-0.2, -0.15) is 0 Å². The van der Waals surface area contributed by atoms with Crippen molar-refractivity contribution in [3.8, 4) is 0 Å². The molecule has 190 valence electrons. The van der Waals surface area contributed by atoms with E-state index in [2.05, 4.69) is 86.1 Å². The summed E-state index contributed by atoms with van der Waals surface area (Å²) in [7, 11) is 2.18. The summed E-state index contributed by atoms with van der Waals surface area (Å²) in [6, 6.07) is 4.23. The molecule has 2 saturated heterocycles. The van der Waals surface area contributed by atoms with E-state index in [0.717, 1.165) is 72.9 Å². The molecule has 0 bridgehead atoms. The number of piperidine rings is 1. The lowest BCUT2D eigenvalue weighted by Crippen LogP contribution is -2.45. The molecular formula is C29H43N5O. The minimum Gasteiger partial charge on any atom is -0.371 e. The van der Waals surface area contributed by atoms with Crippen LogP contribution in [0.3, 0.4) is 0 Å². The van der Waals surface area contributed by atoms with Crippen LogP contribution >= 0.6 is 0 Å². The topological polar surface area (TPSA) is 50.9 Å². The normalized spacial score (nSPS) is 17.0. The highest BCUT2D eigenvalue weighted by molar-refractivity contribution is 6.03. The van der Waals surface area contributed by atoms with Gasteiger partial charge in [-0.15, -0.1) is 0 Å². The molecule has 0 aromatic heterocycles. The summed E-state index contributed by atoms with van der Waals surface area (Å²) in [5, 5.41) is 6.42. The zero-order chi connectivity index (χ0) is 25.3. The summed E-state index contributed by atoms with van der Waals surface area (Å²) >= 11 is 0. The molecule has 2 fully saturated rings. The van der Waals surface area contributed by atoms with Gasteiger partial charge in [0.15, 0.2) is 0 Å². The summed E-state index contributed by atoms with van der Waals surface area (Å²) in [6.45, 7) is 19.1. The number of anilines is 4. The molecule has 0 aliphatic carbocycles. The van der Waals surface area contributed by atoms with Crippen LogP contribution in [-0.2, 0) is 0 Å². The highest BCUT2D eigenvalue weighted by Crippen LogP contribution is 2.37. The van der Waals surface area contributed by atoms with Crippen molar-refractivity contribution in [1.82, 2.24) is 4.90 Å². The number of rotatable bonds is 4. The summed E-state index contributed by atoms with van der Waals surface area (Å²) in [6.07, 6.45) is 3.77. The number of carbonyl (C=O) groups is 1. The summed E-state index contributed by atoms with van der Waals surface area (Å²) in [5.74, 6) is 0. The van der Waals surface area contributed by atoms with E-state index in [0.29, 0.717) is 0 Å². The number of amides is 2. The molecule has 4 rings (SSSR count). The molecular weight excluding hydrogens is 434 g/mol. The van der Waals surface area contributed by atoms with Gasteiger partial charge in [0, 0.05) is 50.6 Å². The van der Waals surface area contributed by atoms with Crippen LogP contribution in [0.5, 0.6) is 0 Å². The van der Waals surface area contributed by atoms with Gasteiger partial charge in [0.25, 0.3) is 0 Å². The van der Waals surface area contributed by atoms with Gasteiger partial charge < -0.3 is 25.3 Å². The maximum absolute atomic E-state index is 13.3. The molecule has 6 nitrogen and oxygen atoms in total. The molecule has 0 radical (unpaired) electrons. The standard InChI is InChI=1S/C29H43N5O/c1-19-17-21(3)27(33-11-9-8-10-12-33)23(5)25(19)30-29(35)31-26-20(2)18-22(4)28(24(26)6)34-15-13-32(7)14-16-34/h17-18H,8-16H2,1-7H3,(H2,30,31,35). The van der Waals surface area contributed by atoms with E-state index in [9.17, 15) is 4.79 Å². The third-order valence-electron chi connectivity index (χ3n) is 7.83. The second kappa shape index (κ2) is 10.5. The van der Waals surface area contributed by atoms with E-state index in [1.165, 1.54) is 41.8 Å². The first-order valence-corrected chi connectivity index (χ1v) is 13.2. The summed E-state index contributed by atoms with van der Waals surface area (Å²) in [4.78, 5) is 20.6. The minimum atomic E-state index is -0.177. The van der Waals surface area contributed by atoms with E-state index < -0.39 is 0 Å². The van der Waals surface area contributed by atoms with E-state index >= 15 is 0 Å². The van der Waals surface area contributed by atoms with Crippen molar-refractivity contribution in [1.29, 1.82) is 0 Å². The van der Waals surface area contributed by atoms with Crippen LogP contribution in [0.15, 0.2) is 12.1 Å². The third kappa shape index (κ3) is 5.27.